The minimum absolute atomic E-state index is 0.236. The van der Waals surface area contributed by atoms with E-state index >= 15 is 0 Å². The molecule has 0 unspecified atom stereocenters. The van der Waals surface area contributed by atoms with E-state index in [1.165, 1.54) is 0 Å². The lowest BCUT2D eigenvalue weighted by Gasteiger charge is -2.36. The predicted octanol–water partition coefficient (Wildman–Crippen LogP) is 4.54. The van der Waals surface area contributed by atoms with E-state index in [0.717, 1.165) is 41.3 Å². The van der Waals surface area contributed by atoms with Gasteiger partial charge in [-0.25, -0.2) is 0 Å². The second kappa shape index (κ2) is 5.76. The molecule has 0 bridgehead atoms. The monoisotopic (exact) mass is 324 g/mol. The Labute approximate surface area is 123 Å². The third-order valence-electron chi connectivity index (χ3n) is 4.36. The van der Waals surface area contributed by atoms with Crippen LogP contribution < -0.4 is 0 Å². The zero-order valence-electron chi connectivity index (χ0n) is 11.8. The summed E-state index contributed by atoms with van der Waals surface area (Å²) in [5, 5.41) is 0. The van der Waals surface area contributed by atoms with Crippen molar-refractivity contribution in [3.63, 3.8) is 0 Å². The number of rotatable bonds is 3. The van der Waals surface area contributed by atoms with Crippen LogP contribution >= 0.6 is 15.9 Å². The van der Waals surface area contributed by atoms with Crippen molar-refractivity contribution in [2.75, 3.05) is 7.11 Å². The Balaban J connectivity index is 2.21. The van der Waals surface area contributed by atoms with Gasteiger partial charge in [0.2, 0.25) is 0 Å². The van der Waals surface area contributed by atoms with Crippen molar-refractivity contribution in [2.24, 2.45) is 5.41 Å². The first kappa shape index (κ1) is 14.7. The van der Waals surface area contributed by atoms with Crippen LogP contribution in [0.1, 0.15) is 48.5 Å². The zero-order valence-corrected chi connectivity index (χ0v) is 13.4. The third-order valence-corrected chi connectivity index (χ3v) is 4.86. The average molecular weight is 325 g/mol. The van der Waals surface area contributed by atoms with E-state index in [-0.39, 0.29) is 11.2 Å². The number of Topliss-reactive ketones (excluding diaryl/α,β-unsaturated/α-hetero) is 1. The first-order valence-electron chi connectivity index (χ1n) is 6.80. The van der Waals surface area contributed by atoms with Crippen LogP contribution in [0.3, 0.4) is 0 Å². The van der Waals surface area contributed by atoms with Crippen LogP contribution in [0.15, 0.2) is 22.7 Å². The smallest absolute Gasteiger partial charge is 0.169 e. The SMILES string of the molecule is COC1CCC(C)(C(=O)c2cc(Br)ccc2C)CC1. The molecule has 1 aliphatic carbocycles. The Morgan fingerprint density at radius 3 is 2.58 bits per heavy atom. The number of hydrogen-bond acceptors (Lipinski definition) is 2. The molecule has 0 aromatic heterocycles. The zero-order chi connectivity index (χ0) is 14.0. The molecule has 3 heteroatoms. The Kier molecular flexibility index (Phi) is 4.46. The summed E-state index contributed by atoms with van der Waals surface area (Å²) in [5.41, 5.74) is 1.68. The summed E-state index contributed by atoms with van der Waals surface area (Å²) in [4.78, 5) is 12.8. The van der Waals surface area contributed by atoms with Crippen LogP contribution in [0, 0.1) is 12.3 Å². The number of carbonyl (C=O) groups is 1. The average Bonchev–Trinajstić information content (AvgIpc) is 2.41. The second-order valence-electron chi connectivity index (χ2n) is 5.78. The first-order chi connectivity index (χ1) is 8.96. The molecule has 1 aromatic rings. The molecule has 104 valence electrons. The van der Waals surface area contributed by atoms with Crippen molar-refractivity contribution < 1.29 is 9.53 Å². The fourth-order valence-electron chi connectivity index (χ4n) is 2.86. The largest absolute Gasteiger partial charge is 0.381 e. The van der Waals surface area contributed by atoms with Crippen LogP contribution in [0.5, 0.6) is 0 Å². The number of aryl methyl sites for hydroxylation is 1. The van der Waals surface area contributed by atoms with Gasteiger partial charge < -0.3 is 4.74 Å². The van der Waals surface area contributed by atoms with Gasteiger partial charge in [0.05, 0.1) is 6.10 Å². The lowest BCUT2D eigenvalue weighted by atomic mass is 9.70. The molecule has 2 nitrogen and oxygen atoms in total. The minimum Gasteiger partial charge on any atom is -0.381 e. The van der Waals surface area contributed by atoms with Crippen LogP contribution in [-0.2, 0) is 4.74 Å². The van der Waals surface area contributed by atoms with Gasteiger partial charge in [-0.15, -0.1) is 0 Å². The lowest BCUT2D eigenvalue weighted by Crippen LogP contribution is -2.35. The van der Waals surface area contributed by atoms with E-state index in [0.29, 0.717) is 6.10 Å². The molecule has 0 spiro atoms. The van der Waals surface area contributed by atoms with Crippen molar-refractivity contribution >= 4 is 21.7 Å². The number of hydrogen-bond donors (Lipinski definition) is 0. The molecule has 19 heavy (non-hydrogen) atoms. The topological polar surface area (TPSA) is 26.3 Å². The summed E-state index contributed by atoms with van der Waals surface area (Å²) >= 11 is 3.45. The Bertz CT molecular complexity index is 474. The molecule has 2 rings (SSSR count). The summed E-state index contributed by atoms with van der Waals surface area (Å²) in [6.45, 7) is 4.10. The van der Waals surface area contributed by atoms with Gasteiger partial charge in [0.15, 0.2) is 5.78 Å². The van der Waals surface area contributed by atoms with Gasteiger partial charge in [-0.1, -0.05) is 28.9 Å². The predicted molar refractivity (Wildman–Crippen MR) is 80.6 cm³/mol. The maximum absolute atomic E-state index is 12.8. The molecule has 0 heterocycles. The van der Waals surface area contributed by atoms with E-state index in [9.17, 15) is 4.79 Å². The van der Waals surface area contributed by atoms with Gasteiger partial charge in [-0.3, -0.25) is 4.79 Å². The van der Waals surface area contributed by atoms with E-state index in [4.69, 9.17) is 4.74 Å². The molecule has 1 aromatic carbocycles. The minimum atomic E-state index is -0.236. The van der Waals surface area contributed by atoms with Crippen molar-refractivity contribution in [3.05, 3.63) is 33.8 Å². The Hall–Kier alpha value is -0.670. The fourth-order valence-corrected chi connectivity index (χ4v) is 3.22. The molecule has 0 aliphatic heterocycles. The molecular weight excluding hydrogens is 304 g/mol. The summed E-state index contributed by atoms with van der Waals surface area (Å²) in [6, 6.07) is 5.93. The first-order valence-corrected chi connectivity index (χ1v) is 7.59. The van der Waals surface area contributed by atoms with Crippen molar-refractivity contribution in [1.82, 2.24) is 0 Å². The number of halogens is 1. The molecule has 0 N–H and O–H groups in total. The van der Waals surface area contributed by atoms with Crippen LogP contribution in [0.25, 0.3) is 0 Å². The van der Waals surface area contributed by atoms with Gasteiger partial charge in [0, 0.05) is 22.6 Å². The summed E-state index contributed by atoms with van der Waals surface area (Å²) in [6.07, 6.45) is 4.11. The summed E-state index contributed by atoms with van der Waals surface area (Å²) in [7, 11) is 1.76. The number of ether oxygens (including phenoxy) is 1. The molecule has 0 radical (unpaired) electrons. The standard InChI is InChI=1S/C16H21BrO2/c1-11-4-5-12(17)10-14(11)15(18)16(2)8-6-13(19-3)7-9-16/h4-5,10,13H,6-9H2,1-3H3. The van der Waals surface area contributed by atoms with Gasteiger partial charge in [0.25, 0.3) is 0 Å². The van der Waals surface area contributed by atoms with Crippen molar-refractivity contribution in [2.45, 2.75) is 45.6 Å². The fraction of sp³-hybridized carbons (Fsp3) is 0.562. The maximum Gasteiger partial charge on any atom is 0.169 e. The van der Waals surface area contributed by atoms with Gasteiger partial charge in [-0.05, 0) is 50.3 Å². The molecule has 1 saturated carbocycles. The molecular formula is C16H21BrO2. The van der Waals surface area contributed by atoms with Crippen molar-refractivity contribution in [1.29, 1.82) is 0 Å². The second-order valence-corrected chi connectivity index (χ2v) is 6.70. The number of benzene rings is 1. The van der Waals surface area contributed by atoms with E-state index in [2.05, 4.69) is 22.9 Å². The highest BCUT2D eigenvalue weighted by molar-refractivity contribution is 9.10. The Morgan fingerprint density at radius 1 is 1.37 bits per heavy atom. The molecule has 0 atom stereocenters. The van der Waals surface area contributed by atoms with E-state index < -0.39 is 0 Å². The third kappa shape index (κ3) is 3.09. The number of methoxy groups -OCH3 is 1. The number of ketones is 1. The van der Waals surface area contributed by atoms with Crippen LogP contribution in [0.4, 0.5) is 0 Å². The highest BCUT2D eigenvalue weighted by atomic mass is 79.9. The van der Waals surface area contributed by atoms with Crippen molar-refractivity contribution in [3.8, 4) is 0 Å². The van der Waals surface area contributed by atoms with Crippen LogP contribution in [0.2, 0.25) is 0 Å². The van der Waals surface area contributed by atoms with Gasteiger partial charge in [-0.2, -0.15) is 0 Å². The quantitative estimate of drug-likeness (QED) is 0.763. The van der Waals surface area contributed by atoms with E-state index in [1.54, 1.807) is 7.11 Å². The molecule has 0 amide bonds. The van der Waals surface area contributed by atoms with Crippen LogP contribution in [-0.4, -0.2) is 19.0 Å². The number of carbonyl (C=O) groups excluding carboxylic acids is 1. The molecule has 0 saturated heterocycles. The van der Waals surface area contributed by atoms with E-state index in [1.807, 2.05) is 25.1 Å². The highest BCUT2D eigenvalue weighted by Crippen LogP contribution is 2.40. The normalized spacial score (nSPS) is 27.3. The summed E-state index contributed by atoms with van der Waals surface area (Å²) < 4.78 is 6.36. The molecule has 1 aliphatic rings. The maximum atomic E-state index is 12.8. The van der Waals surface area contributed by atoms with Gasteiger partial charge >= 0.3 is 0 Å². The van der Waals surface area contributed by atoms with Gasteiger partial charge in [0.1, 0.15) is 0 Å². The molecule has 1 fully saturated rings. The summed E-state index contributed by atoms with van der Waals surface area (Å²) in [5.74, 6) is 0.279. The highest BCUT2D eigenvalue weighted by Gasteiger charge is 2.38. The Morgan fingerprint density at radius 2 is 2.00 bits per heavy atom. The lowest BCUT2D eigenvalue weighted by molar-refractivity contribution is 0.0306.